The van der Waals surface area contributed by atoms with E-state index in [1.54, 1.807) is 0 Å². The van der Waals surface area contributed by atoms with Crippen LogP contribution >= 0.6 is 0 Å². The molecule has 134 valence electrons. The van der Waals surface area contributed by atoms with Gasteiger partial charge in [0.2, 0.25) is 0 Å². The highest BCUT2D eigenvalue weighted by Gasteiger charge is 2.44. The van der Waals surface area contributed by atoms with E-state index in [4.69, 9.17) is 4.74 Å². The Morgan fingerprint density at radius 1 is 0.926 bits per heavy atom. The van der Waals surface area contributed by atoms with Crippen molar-refractivity contribution in [1.29, 1.82) is 0 Å². The Hall–Kier alpha value is -2.91. The molecule has 5 rings (SSSR count). The van der Waals surface area contributed by atoms with Gasteiger partial charge in [0.1, 0.15) is 6.61 Å². The molecule has 2 aliphatic rings. The zero-order valence-corrected chi connectivity index (χ0v) is 15.2. The Labute approximate surface area is 158 Å². The lowest BCUT2D eigenvalue weighted by atomic mass is 9.83. The van der Waals surface area contributed by atoms with Gasteiger partial charge in [-0.2, -0.15) is 0 Å². The molecule has 1 N–H and O–H groups in total. The fraction of sp³-hybridized carbons (Fsp3) is 0.208. The lowest BCUT2D eigenvalue weighted by molar-refractivity contribution is 0.0534. The maximum Gasteiger partial charge on any atom is 0.339 e. The smallest absolute Gasteiger partial charge is 0.339 e. The third kappa shape index (κ3) is 2.50. The number of hydrogen-bond donors (Lipinski definition) is 1. The van der Waals surface area contributed by atoms with Crippen molar-refractivity contribution < 1.29 is 14.6 Å². The van der Waals surface area contributed by atoms with Crippen LogP contribution in [-0.2, 0) is 16.9 Å². The van der Waals surface area contributed by atoms with Crippen molar-refractivity contribution in [3.8, 4) is 22.3 Å². The minimum atomic E-state index is -0.758. The summed E-state index contributed by atoms with van der Waals surface area (Å²) in [7, 11) is 0. The SMILES string of the molecule is Cc1cc(-c2ccccc2)c(-c2ccccc2C2(O)CC2)c2c1C(=O)OC2. The van der Waals surface area contributed by atoms with Gasteiger partial charge in [-0.15, -0.1) is 0 Å². The van der Waals surface area contributed by atoms with E-state index in [1.807, 2.05) is 49.4 Å². The maximum absolute atomic E-state index is 12.3. The first kappa shape index (κ1) is 16.3. The Morgan fingerprint density at radius 2 is 1.63 bits per heavy atom. The first-order valence-electron chi connectivity index (χ1n) is 9.30. The van der Waals surface area contributed by atoms with Crippen LogP contribution in [-0.4, -0.2) is 11.1 Å². The molecule has 0 radical (unpaired) electrons. The fourth-order valence-electron chi connectivity index (χ4n) is 4.17. The minimum Gasteiger partial charge on any atom is -0.457 e. The molecule has 0 spiro atoms. The van der Waals surface area contributed by atoms with Crippen LogP contribution in [0.5, 0.6) is 0 Å². The Morgan fingerprint density at radius 3 is 2.37 bits per heavy atom. The van der Waals surface area contributed by atoms with E-state index in [0.29, 0.717) is 5.56 Å². The number of rotatable bonds is 3. The zero-order chi connectivity index (χ0) is 18.6. The van der Waals surface area contributed by atoms with Gasteiger partial charge >= 0.3 is 5.97 Å². The summed E-state index contributed by atoms with van der Waals surface area (Å²) in [6.07, 6.45) is 1.54. The van der Waals surface area contributed by atoms with E-state index in [9.17, 15) is 9.90 Å². The largest absolute Gasteiger partial charge is 0.457 e. The summed E-state index contributed by atoms with van der Waals surface area (Å²) in [4.78, 5) is 12.3. The Bertz CT molecular complexity index is 1060. The summed E-state index contributed by atoms with van der Waals surface area (Å²) < 4.78 is 5.40. The van der Waals surface area contributed by atoms with Crippen molar-refractivity contribution >= 4 is 5.97 Å². The van der Waals surface area contributed by atoms with Crippen LogP contribution in [0.25, 0.3) is 22.3 Å². The molecular formula is C24H20O3. The lowest BCUT2D eigenvalue weighted by Crippen LogP contribution is -2.08. The van der Waals surface area contributed by atoms with E-state index >= 15 is 0 Å². The zero-order valence-electron chi connectivity index (χ0n) is 15.2. The quantitative estimate of drug-likeness (QED) is 0.673. The molecule has 3 nitrogen and oxygen atoms in total. The molecule has 1 heterocycles. The topological polar surface area (TPSA) is 46.5 Å². The first-order chi connectivity index (χ1) is 13.1. The molecule has 0 bridgehead atoms. The van der Waals surface area contributed by atoms with E-state index in [-0.39, 0.29) is 12.6 Å². The highest BCUT2D eigenvalue weighted by atomic mass is 16.5. The normalized spacial score (nSPS) is 16.7. The maximum atomic E-state index is 12.3. The number of hydrogen-bond acceptors (Lipinski definition) is 3. The first-order valence-corrected chi connectivity index (χ1v) is 9.30. The average molecular weight is 356 g/mol. The predicted molar refractivity (Wildman–Crippen MR) is 104 cm³/mol. The van der Waals surface area contributed by atoms with Crippen molar-refractivity contribution in [2.45, 2.75) is 32.0 Å². The van der Waals surface area contributed by atoms with Crippen LogP contribution in [0.4, 0.5) is 0 Å². The fourth-order valence-corrected chi connectivity index (χ4v) is 4.17. The van der Waals surface area contributed by atoms with Gasteiger partial charge in [-0.25, -0.2) is 4.79 Å². The highest BCUT2D eigenvalue weighted by Crippen LogP contribution is 2.51. The van der Waals surface area contributed by atoms with Crippen LogP contribution in [0.1, 0.15) is 39.9 Å². The molecule has 1 fully saturated rings. The number of aryl methyl sites for hydroxylation is 1. The standard InChI is InChI=1S/C24H20O3/c1-15-13-18(16-7-3-2-4-8-16)22(19-14-27-23(25)21(15)19)17-9-5-6-10-20(17)24(26)11-12-24/h2-10,13,26H,11-12,14H2,1H3. The van der Waals surface area contributed by atoms with E-state index < -0.39 is 5.60 Å². The van der Waals surface area contributed by atoms with Gasteiger partial charge < -0.3 is 9.84 Å². The monoisotopic (exact) mass is 356 g/mol. The number of aliphatic hydroxyl groups is 1. The summed E-state index contributed by atoms with van der Waals surface area (Å²) in [5.41, 5.74) is 6.86. The number of ether oxygens (including phenoxy) is 1. The number of carbonyl (C=O) groups is 1. The molecule has 0 aromatic heterocycles. The molecular weight excluding hydrogens is 336 g/mol. The minimum absolute atomic E-state index is 0.258. The second kappa shape index (κ2) is 5.80. The molecule has 0 saturated heterocycles. The van der Waals surface area contributed by atoms with Crippen LogP contribution in [0.3, 0.4) is 0 Å². The lowest BCUT2D eigenvalue weighted by Gasteiger charge is -2.20. The van der Waals surface area contributed by atoms with Gasteiger partial charge in [0.05, 0.1) is 11.2 Å². The second-order valence-corrected chi connectivity index (χ2v) is 7.49. The van der Waals surface area contributed by atoms with Crippen molar-refractivity contribution in [1.82, 2.24) is 0 Å². The number of esters is 1. The molecule has 0 atom stereocenters. The molecule has 1 saturated carbocycles. The summed E-state index contributed by atoms with van der Waals surface area (Å²) in [5, 5.41) is 10.9. The molecule has 27 heavy (non-hydrogen) atoms. The summed E-state index contributed by atoms with van der Waals surface area (Å²) in [6, 6.07) is 20.3. The number of fused-ring (bicyclic) bond motifs is 1. The average Bonchev–Trinajstić information content (AvgIpc) is 3.33. The highest BCUT2D eigenvalue weighted by molar-refractivity contribution is 6.01. The van der Waals surface area contributed by atoms with Crippen LogP contribution < -0.4 is 0 Å². The molecule has 3 heteroatoms. The molecule has 1 aliphatic carbocycles. The Balaban J connectivity index is 1.86. The van der Waals surface area contributed by atoms with Crippen molar-refractivity contribution in [3.05, 3.63) is 82.9 Å². The van der Waals surface area contributed by atoms with Crippen molar-refractivity contribution in [2.24, 2.45) is 0 Å². The molecule has 0 unspecified atom stereocenters. The molecule has 3 aromatic rings. The van der Waals surface area contributed by atoms with E-state index in [1.165, 1.54) is 0 Å². The van der Waals surface area contributed by atoms with Crippen molar-refractivity contribution in [3.63, 3.8) is 0 Å². The predicted octanol–water partition coefficient (Wildman–Crippen LogP) is 4.98. The van der Waals surface area contributed by atoms with Crippen LogP contribution in [0.2, 0.25) is 0 Å². The summed E-state index contributed by atoms with van der Waals surface area (Å²) in [5.74, 6) is -0.258. The van der Waals surface area contributed by atoms with Gasteiger partial charge in [0, 0.05) is 5.56 Å². The number of cyclic esters (lactones) is 1. The molecule has 1 aliphatic heterocycles. The number of carbonyl (C=O) groups excluding carboxylic acids is 1. The number of benzene rings is 3. The summed E-state index contributed by atoms with van der Waals surface area (Å²) in [6.45, 7) is 2.24. The van der Waals surface area contributed by atoms with Gasteiger partial charge in [-0.3, -0.25) is 0 Å². The summed E-state index contributed by atoms with van der Waals surface area (Å²) >= 11 is 0. The van der Waals surface area contributed by atoms with Crippen molar-refractivity contribution in [2.75, 3.05) is 0 Å². The third-order valence-corrected chi connectivity index (χ3v) is 5.69. The Kier molecular flexibility index (Phi) is 3.49. The van der Waals surface area contributed by atoms with Gasteiger partial charge in [0.25, 0.3) is 0 Å². The van der Waals surface area contributed by atoms with Gasteiger partial charge in [-0.1, -0.05) is 54.6 Å². The van der Waals surface area contributed by atoms with Crippen LogP contribution in [0.15, 0.2) is 60.7 Å². The van der Waals surface area contributed by atoms with E-state index in [0.717, 1.165) is 51.8 Å². The van der Waals surface area contributed by atoms with E-state index in [2.05, 4.69) is 18.2 Å². The third-order valence-electron chi connectivity index (χ3n) is 5.69. The van der Waals surface area contributed by atoms with Gasteiger partial charge in [-0.05, 0) is 59.2 Å². The molecule has 3 aromatic carbocycles. The molecule has 0 amide bonds. The second-order valence-electron chi connectivity index (χ2n) is 7.49. The van der Waals surface area contributed by atoms with Crippen LogP contribution in [0, 0.1) is 6.92 Å². The van der Waals surface area contributed by atoms with Gasteiger partial charge in [0.15, 0.2) is 0 Å².